The Kier molecular flexibility index (Phi) is 4.22. The van der Waals surface area contributed by atoms with Crippen molar-refractivity contribution in [3.63, 3.8) is 0 Å². The molecule has 1 aliphatic rings. The lowest BCUT2D eigenvalue weighted by Gasteiger charge is -2.35. The van der Waals surface area contributed by atoms with Crippen LogP contribution in [-0.4, -0.2) is 11.2 Å². The van der Waals surface area contributed by atoms with Gasteiger partial charge in [-0.1, -0.05) is 44.2 Å². The Morgan fingerprint density at radius 1 is 1.18 bits per heavy atom. The molecule has 0 saturated heterocycles. The van der Waals surface area contributed by atoms with Gasteiger partial charge in [-0.05, 0) is 49.0 Å². The smallest absolute Gasteiger partial charge is 0.0571 e. The van der Waals surface area contributed by atoms with Crippen LogP contribution in [0.15, 0.2) is 30.3 Å². The number of hydrogen-bond donors (Lipinski definition) is 1. The van der Waals surface area contributed by atoms with E-state index in [9.17, 15) is 5.11 Å². The van der Waals surface area contributed by atoms with Crippen LogP contribution in [0.3, 0.4) is 0 Å². The van der Waals surface area contributed by atoms with Crippen LogP contribution >= 0.6 is 0 Å². The number of rotatable bonds is 3. The summed E-state index contributed by atoms with van der Waals surface area (Å²) in [5.41, 5.74) is 1.36. The largest absolute Gasteiger partial charge is 0.393 e. The Bertz CT molecular complexity index is 331. The van der Waals surface area contributed by atoms with Crippen molar-refractivity contribution in [2.45, 2.75) is 45.6 Å². The first-order chi connectivity index (χ1) is 8.16. The first-order valence-electron chi connectivity index (χ1n) is 6.89. The Balaban J connectivity index is 1.99. The van der Waals surface area contributed by atoms with Gasteiger partial charge in [-0.15, -0.1) is 0 Å². The van der Waals surface area contributed by atoms with E-state index >= 15 is 0 Å². The summed E-state index contributed by atoms with van der Waals surface area (Å²) in [5, 5.41) is 10.1. The molecule has 0 aliphatic heterocycles. The fraction of sp³-hybridized carbons (Fsp3) is 0.625. The van der Waals surface area contributed by atoms with Crippen molar-refractivity contribution in [3.8, 4) is 0 Å². The van der Waals surface area contributed by atoms with Crippen molar-refractivity contribution in [2.75, 3.05) is 0 Å². The summed E-state index contributed by atoms with van der Waals surface area (Å²) in [6, 6.07) is 10.6. The van der Waals surface area contributed by atoms with Crippen molar-refractivity contribution >= 4 is 0 Å². The van der Waals surface area contributed by atoms with Crippen LogP contribution in [0, 0.1) is 17.8 Å². The molecule has 1 aromatic rings. The molecule has 0 bridgehead atoms. The zero-order valence-corrected chi connectivity index (χ0v) is 11.0. The second-order valence-corrected chi connectivity index (χ2v) is 5.83. The van der Waals surface area contributed by atoms with Crippen LogP contribution in [0.25, 0.3) is 0 Å². The maximum absolute atomic E-state index is 10.1. The lowest BCUT2D eigenvalue weighted by molar-refractivity contribution is 0.0378. The maximum Gasteiger partial charge on any atom is 0.0571 e. The average molecular weight is 232 g/mol. The van der Waals surface area contributed by atoms with Crippen molar-refractivity contribution in [1.29, 1.82) is 0 Å². The molecule has 1 saturated carbocycles. The predicted molar refractivity (Wildman–Crippen MR) is 71.8 cm³/mol. The van der Waals surface area contributed by atoms with E-state index in [1.807, 2.05) is 0 Å². The molecule has 1 aromatic carbocycles. The topological polar surface area (TPSA) is 20.2 Å². The minimum atomic E-state index is -0.0924. The van der Waals surface area contributed by atoms with Crippen molar-refractivity contribution in [1.82, 2.24) is 0 Å². The van der Waals surface area contributed by atoms with Gasteiger partial charge in [0.15, 0.2) is 0 Å². The van der Waals surface area contributed by atoms with Gasteiger partial charge in [-0.2, -0.15) is 0 Å². The third-order valence-corrected chi connectivity index (χ3v) is 4.27. The van der Waals surface area contributed by atoms with E-state index in [1.165, 1.54) is 18.4 Å². The van der Waals surface area contributed by atoms with Crippen LogP contribution in [-0.2, 0) is 6.42 Å². The molecule has 1 aliphatic carbocycles. The highest BCUT2D eigenvalue weighted by molar-refractivity contribution is 5.15. The zero-order chi connectivity index (χ0) is 12.3. The summed E-state index contributed by atoms with van der Waals surface area (Å²) in [7, 11) is 0. The van der Waals surface area contributed by atoms with E-state index in [-0.39, 0.29) is 6.10 Å². The molecule has 1 N–H and O–H groups in total. The highest BCUT2D eigenvalue weighted by Gasteiger charge is 2.30. The van der Waals surface area contributed by atoms with Gasteiger partial charge < -0.3 is 5.11 Å². The first-order valence-corrected chi connectivity index (χ1v) is 6.89. The number of benzene rings is 1. The van der Waals surface area contributed by atoms with Crippen LogP contribution in [0.4, 0.5) is 0 Å². The van der Waals surface area contributed by atoms with Gasteiger partial charge in [0.2, 0.25) is 0 Å². The summed E-state index contributed by atoms with van der Waals surface area (Å²) < 4.78 is 0. The summed E-state index contributed by atoms with van der Waals surface area (Å²) in [5.74, 6) is 2.01. The minimum Gasteiger partial charge on any atom is -0.393 e. The lowest BCUT2D eigenvalue weighted by atomic mass is 9.73. The molecule has 17 heavy (non-hydrogen) atoms. The molecular weight excluding hydrogens is 208 g/mol. The second-order valence-electron chi connectivity index (χ2n) is 5.83. The maximum atomic E-state index is 10.1. The molecule has 0 heterocycles. The summed E-state index contributed by atoms with van der Waals surface area (Å²) in [4.78, 5) is 0. The van der Waals surface area contributed by atoms with E-state index in [0.29, 0.717) is 5.92 Å². The zero-order valence-electron chi connectivity index (χ0n) is 11.0. The normalized spacial score (nSPS) is 29.5. The molecule has 1 fully saturated rings. The first kappa shape index (κ1) is 12.6. The highest BCUT2D eigenvalue weighted by atomic mass is 16.3. The van der Waals surface area contributed by atoms with Gasteiger partial charge in [0.25, 0.3) is 0 Å². The van der Waals surface area contributed by atoms with Gasteiger partial charge in [-0.3, -0.25) is 0 Å². The quantitative estimate of drug-likeness (QED) is 0.843. The molecular formula is C16H24O. The fourth-order valence-corrected chi connectivity index (χ4v) is 3.03. The third-order valence-electron chi connectivity index (χ3n) is 4.27. The van der Waals surface area contributed by atoms with E-state index in [4.69, 9.17) is 0 Å². The van der Waals surface area contributed by atoms with Crippen molar-refractivity contribution in [2.24, 2.45) is 17.8 Å². The van der Waals surface area contributed by atoms with E-state index in [2.05, 4.69) is 44.2 Å². The molecule has 0 spiro atoms. The molecule has 1 heteroatoms. The van der Waals surface area contributed by atoms with Crippen LogP contribution in [0.1, 0.15) is 38.7 Å². The van der Waals surface area contributed by atoms with Gasteiger partial charge in [0.05, 0.1) is 6.10 Å². The Hall–Kier alpha value is -0.820. The number of aliphatic hydroxyl groups excluding tert-OH is 1. The predicted octanol–water partition coefficient (Wildman–Crippen LogP) is 3.66. The Labute approximate surface area is 105 Å². The lowest BCUT2D eigenvalue weighted by Crippen LogP contribution is -2.32. The molecule has 94 valence electrons. The fourth-order valence-electron chi connectivity index (χ4n) is 3.03. The van der Waals surface area contributed by atoms with Gasteiger partial charge in [0.1, 0.15) is 0 Å². The van der Waals surface area contributed by atoms with E-state index < -0.39 is 0 Å². The monoisotopic (exact) mass is 232 g/mol. The number of aliphatic hydroxyl groups is 1. The SMILES string of the molecule is CC(C)C1CCC(O)C(Cc2ccccc2)C1. The van der Waals surface area contributed by atoms with Crippen LogP contribution in [0.5, 0.6) is 0 Å². The molecule has 0 radical (unpaired) electrons. The molecule has 0 aromatic heterocycles. The third kappa shape index (κ3) is 3.32. The highest BCUT2D eigenvalue weighted by Crippen LogP contribution is 2.35. The van der Waals surface area contributed by atoms with Gasteiger partial charge >= 0.3 is 0 Å². The molecule has 2 rings (SSSR count). The van der Waals surface area contributed by atoms with E-state index in [0.717, 1.165) is 24.7 Å². The van der Waals surface area contributed by atoms with Crippen molar-refractivity contribution < 1.29 is 5.11 Å². The Morgan fingerprint density at radius 3 is 2.53 bits per heavy atom. The van der Waals surface area contributed by atoms with Crippen LogP contribution in [0.2, 0.25) is 0 Å². The van der Waals surface area contributed by atoms with E-state index in [1.54, 1.807) is 0 Å². The molecule has 3 unspecified atom stereocenters. The average Bonchev–Trinajstić information content (AvgIpc) is 2.33. The summed E-state index contributed by atoms with van der Waals surface area (Å²) in [6.45, 7) is 4.61. The van der Waals surface area contributed by atoms with Crippen molar-refractivity contribution in [3.05, 3.63) is 35.9 Å². The number of hydrogen-bond acceptors (Lipinski definition) is 1. The van der Waals surface area contributed by atoms with Crippen LogP contribution < -0.4 is 0 Å². The molecule has 3 atom stereocenters. The minimum absolute atomic E-state index is 0.0924. The summed E-state index contributed by atoms with van der Waals surface area (Å²) >= 11 is 0. The second kappa shape index (κ2) is 5.68. The standard InChI is InChI=1S/C16H24O/c1-12(2)14-8-9-16(17)15(11-14)10-13-6-4-3-5-7-13/h3-7,12,14-17H,8-11H2,1-2H3. The Morgan fingerprint density at radius 2 is 1.88 bits per heavy atom. The molecule has 1 nitrogen and oxygen atoms in total. The van der Waals surface area contributed by atoms with Gasteiger partial charge in [-0.25, -0.2) is 0 Å². The summed E-state index contributed by atoms with van der Waals surface area (Å²) in [6.07, 6.45) is 4.31. The molecule has 0 amide bonds. The van der Waals surface area contributed by atoms with Gasteiger partial charge in [0, 0.05) is 0 Å².